The Morgan fingerprint density at radius 2 is 1.50 bits per heavy atom. The Kier molecular flexibility index (Phi) is 7.84. The van der Waals surface area contributed by atoms with Crippen molar-refractivity contribution in [3.05, 3.63) is 94.4 Å². The molecule has 28 heavy (non-hydrogen) atoms. The average molecular weight is 378 g/mol. The summed E-state index contributed by atoms with van der Waals surface area (Å²) in [5.41, 5.74) is 8.96. The van der Waals surface area contributed by atoms with Crippen LogP contribution in [0.4, 0.5) is 11.4 Å². The molecule has 0 aliphatic rings. The van der Waals surface area contributed by atoms with Crippen LogP contribution in [0.1, 0.15) is 11.1 Å². The van der Waals surface area contributed by atoms with E-state index in [2.05, 4.69) is 5.32 Å². The lowest BCUT2D eigenvalue weighted by Crippen LogP contribution is -2.24. The molecule has 0 saturated carbocycles. The fraction of sp³-hybridized carbons (Fsp3) is 0.182. The number of carbonyl (C=O) groups is 1. The summed E-state index contributed by atoms with van der Waals surface area (Å²) in [6.07, 6.45) is 2.53. The fourth-order valence-corrected chi connectivity index (χ4v) is 2.44. The number of benzene rings is 2. The summed E-state index contributed by atoms with van der Waals surface area (Å²) in [5.74, 6) is 0. The number of rotatable bonds is 6. The lowest BCUT2D eigenvalue weighted by atomic mass is 10.2. The number of nitrogens with one attached hydrogen (secondary N) is 1. The van der Waals surface area contributed by atoms with Crippen LogP contribution in [0.2, 0.25) is 0 Å². The maximum Gasteiger partial charge on any atom is 0.276 e. The van der Waals surface area contributed by atoms with Gasteiger partial charge in [0.1, 0.15) is 5.69 Å². The third-order valence-corrected chi connectivity index (χ3v) is 3.93. The molecule has 6 heteroatoms. The highest BCUT2D eigenvalue weighted by Gasteiger charge is 2.07. The van der Waals surface area contributed by atoms with Gasteiger partial charge in [-0.2, -0.15) is 0 Å². The number of aromatic nitrogens is 1. The first-order chi connectivity index (χ1) is 13.5. The molecule has 0 saturated heterocycles. The second kappa shape index (κ2) is 10.6. The number of amides is 1. The van der Waals surface area contributed by atoms with Crippen LogP contribution in [0.5, 0.6) is 0 Å². The summed E-state index contributed by atoms with van der Waals surface area (Å²) in [5, 5.41) is 3.22. The van der Waals surface area contributed by atoms with Gasteiger partial charge >= 0.3 is 0 Å². The highest BCUT2D eigenvalue weighted by molar-refractivity contribution is 5.64. The van der Waals surface area contributed by atoms with Crippen LogP contribution in [0.25, 0.3) is 0 Å². The molecule has 0 spiro atoms. The van der Waals surface area contributed by atoms with Crippen molar-refractivity contribution in [1.29, 1.82) is 0 Å². The Labute approximate surface area is 165 Å². The second-order valence-electron chi connectivity index (χ2n) is 6.47. The first-order valence-corrected chi connectivity index (χ1v) is 8.93. The Balaban J connectivity index is 0.000000500. The molecular weight excluding hydrogens is 352 g/mol. The van der Waals surface area contributed by atoms with Crippen LogP contribution in [0.15, 0.2) is 77.7 Å². The zero-order valence-electron chi connectivity index (χ0n) is 16.2. The summed E-state index contributed by atoms with van der Waals surface area (Å²) in [6.45, 7) is 1.15. The molecule has 146 valence electrons. The lowest BCUT2D eigenvalue weighted by molar-refractivity contribution is -0.115. The predicted molar refractivity (Wildman–Crippen MR) is 114 cm³/mol. The maximum atomic E-state index is 12.4. The quantitative estimate of drug-likeness (QED) is 0.647. The first-order valence-electron chi connectivity index (χ1n) is 8.93. The number of nitrogen functional groups attached to an aromatic ring is 1. The zero-order valence-corrected chi connectivity index (χ0v) is 16.2. The molecule has 3 rings (SSSR count). The van der Waals surface area contributed by atoms with E-state index in [1.54, 1.807) is 24.9 Å². The summed E-state index contributed by atoms with van der Waals surface area (Å²) in [4.78, 5) is 23.3. The molecule has 0 bridgehead atoms. The standard InChI is InChI=1S/C19H19N3O.C3H7NO/c20-18-17(21-13-15-7-3-1-4-8-15)11-12-22(19(18)23)14-16-9-5-2-6-10-16;1-4(2)3-5/h1-12,21H,13-14,20H2;3H,1-2H3. The van der Waals surface area contributed by atoms with E-state index in [0.717, 1.165) is 17.5 Å². The second-order valence-corrected chi connectivity index (χ2v) is 6.47. The van der Waals surface area contributed by atoms with E-state index in [4.69, 9.17) is 5.73 Å². The molecule has 0 atom stereocenters. The van der Waals surface area contributed by atoms with Gasteiger partial charge in [-0.1, -0.05) is 60.7 Å². The Hall–Kier alpha value is -3.54. The smallest absolute Gasteiger partial charge is 0.276 e. The summed E-state index contributed by atoms with van der Waals surface area (Å²) in [6, 6.07) is 21.7. The minimum absolute atomic E-state index is 0.174. The Bertz CT molecular complexity index is 922. The highest BCUT2D eigenvalue weighted by Crippen LogP contribution is 2.15. The average Bonchev–Trinajstić information content (AvgIpc) is 2.73. The zero-order chi connectivity index (χ0) is 20.4. The van der Waals surface area contributed by atoms with Gasteiger partial charge in [0, 0.05) is 26.8 Å². The van der Waals surface area contributed by atoms with Crippen LogP contribution in [-0.4, -0.2) is 30.0 Å². The van der Waals surface area contributed by atoms with Crippen molar-refractivity contribution in [2.45, 2.75) is 13.1 Å². The van der Waals surface area contributed by atoms with E-state index in [1.807, 2.05) is 66.7 Å². The molecule has 3 aromatic rings. The van der Waals surface area contributed by atoms with Crippen molar-refractivity contribution >= 4 is 17.8 Å². The molecule has 0 unspecified atom stereocenters. The molecule has 1 amide bonds. The lowest BCUT2D eigenvalue weighted by Gasteiger charge is -2.12. The van der Waals surface area contributed by atoms with Crippen molar-refractivity contribution in [2.75, 3.05) is 25.1 Å². The van der Waals surface area contributed by atoms with E-state index in [9.17, 15) is 9.59 Å². The molecule has 0 aliphatic heterocycles. The molecule has 6 nitrogen and oxygen atoms in total. The monoisotopic (exact) mass is 378 g/mol. The van der Waals surface area contributed by atoms with E-state index in [0.29, 0.717) is 18.8 Å². The minimum Gasteiger partial charge on any atom is -0.393 e. The molecule has 0 aliphatic carbocycles. The van der Waals surface area contributed by atoms with Crippen molar-refractivity contribution < 1.29 is 4.79 Å². The van der Waals surface area contributed by atoms with Crippen molar-refractivity contribution in [1.82, 2.24) is 9.47 Å². The SMILES string of the molecule is CN(C)C=O.Nc1c(NCc2ccccc2)ccn(Cc2ccccc2)c1=O. The number of anilines is 2. The van der Waals surface area contributed by atoms with E-state index in [-0.39, 0.29) is 11.2 Å². The predicted octanol–water partition coefficient (Wildman–Crippen LogP) is 2.80. The van der Waals surface area contributed by atoms with E-state index >= 15 is 0 Å². The van der Waals surface area contributed by atoms with E-state index < -0.39 is 0 Å². The van der Waals surface area contributed by atoms with Gasteiger partial charge in [0.15, 0.2) is 0 Å². The van der Waals surface area contributed by atoms with Gasteiger partial charge < -0.3 is 20.5 Å². The van der Waals surface area contributed by atoms with Gasteiger partial charge in [-0.25, -0.2) is 0 Å². The van der Waals surface area contributed by atoms with Gasteiger partial charge in [0.05, 0.1) is 12.2 Å². The Morgan fingerprint density at radius 1 is 0.964 bits per heavy atom. The third kappa shape index (κ3) is 6.32. The molecular formula is C22H26N4O2. The van der Waals surface area contributed by atoms with E-state index in [1.165, 1.54) is 4.90 Å². The number of nitrogens with two attached hydrogens (primary N) is 1. The third-order valence-electron chi connectivity index (χ3n) is 3.93. The molecule has 3 N–H and O–H groups in total. The number of hydrogen-bond acceptors (Lipinski definition) is 4. The topological polar surface area (TPSA) is 80.4 Å². The Morgan fingerprint density at radius 3 is 2.04 bits per heavy atom. The number of carbonyl (C=O) groups excluding carboxylic acids is 1. The first kappa shape index (κ1) is 20.8. The molecule has 1 heterocycles. The summed E-state index contributed by atoms with van der Waals surface area (Å²) in [7, 11) is 3.38. The number of pyridine rings is 1. The normalized spacial score (nSPS) is 9.79. The molecule has 1 aromatic heterocycles. The van der Waals surface area contributed by atoms with Crippen LogP contribution >= 0.6 is 0 Å². The minimum atomic E-state index is -0.174. The number of nitrogens with zero attached hydrogens (tertiary/aromatic N) is 2. The van der Waals surface area contributed by atoms with Crippen molar-refractivity contribution in [3.8, 4) is 0 Å². The molecule has 0 fully saturated rings. The molecule has 2 aromatic carbocycles. The molecule has 0 radical (unpaired) electrons. The van der Waals surface area contributed by atoms with Gasteiger partial charge in [-0.15, -0.1) is 0 Å². The largest absolute Gasteiger partial charge is 0.393 e. The van der Waals surface area contributed by atoms with Gasteiger partial charge in [0.2, 0.25) is 6.41 Å². The highest BCUT2D eigenvalue weighted by atomic mass is 16.1. The summed E-state index contributed by atoms with van der Waals surface area (Å²) < 4.78 is 1.62. The number of hydrogen-bond donors (Lipinski definition) is 2. The van der Waals surface area contributed by atoms with Crippen LogP contribution in [-0.2, 0) is 17.9 Å². The van der Waals surface area contributed by atoms with Gasteiger partial charge in [-0.05, 0) is 17.2 Å². The van der Waals surface area contributed by atoms with Crippen LogP contribution in [0, 0.1) is 0 Å². The van der Waals surface area contributed by atoms with Crippen molar-refractivity contribution in [3.63, 3.8) is 0 Å². The van der Waals surface area contributed by atoms with Crippen LogP contribution < -0.4 is 16.6 Å². The van der Waals surface area contributed by atoms with Gasteiger partial charge in [-0.3, -0.25) is 9.59 Å². The fourth-order valence-electron chi connectivity index (χ4n) is 2.44. The van der Waals surface area contributed by atoms with Crippen molar-refractivity contribution in [2.24, 2.45) is 0 Å². The summed E-state index contributed by atoms with van der Waals surface area (Å²) >= 11 is 0. The van der Waals surface area contributed by atoms with Gasteiger partial charge in [0.25, 0.3) is 5.56 Å². The van der Waals surface area contributed by atoms with Crippen LogP contribution in [0.3, 0.4) is 0 Å². The maximum absolute atomic E-state index is 12.4.